The van der Waals surface area contributed by atoms with Crippen molar-refractivity contribution in [2.75, 3.05) is 40.8 Å². The van der Waals surface area contributed by atoms with Crippen LogP contribution in [0.1, 0.15) is 22.6 Å². The van der Waals surface area contributed by atoms with E-state index in [-0.39, 0.29) is 25.6 Å². The molecule has 3 aromatic rings. The normalized spacial score (nSPS) is 13.8. The number of carbonyl (C=O) groups is 3. The second-order valence-corrected chi connectivity index (χ2v) is 10.4. The molecule has 0 spiro atoms. The Morgan fingerprint density at radius 2 is 1.38 bits per heavy atom. The summed E-state index contributed by atoms with van der Waals surface area (Å²) in [7, 11) is 5.32. The number of carbonyl (C=O) groups excluding carboxylic acids is 2. The van der Waals surface area contributed by atoms with Gasteiger partial charge in [0.15, 0.2) is 0 Å². The zero-order valence-corrected chi connectivity index (χ0v) is 23.0. The summed E-state index contributed by atoms with van der Waals surface area (Å²) in [6.07, 6.45) is -0.739. The molecule has 1 aliphatic carbocycles. The predicted octanol–water partition coefficient (Wildman–Crippen LogP) is 3.16. The standard InChI is InChI=1S/C31H36N4O5/c1-34(2)18-27(29(36)32-28(30(37)38)19-35(3)17-21-11-5-4-6-12-21)33-31(39)40-20-26-24-15-9-7-13-22(24)23-14-8-10-16-25(23)26/h4-16,26-28H,17-20H2,1-3H3,(H,32,36)(H,33,39)(H,37,38). The third kappa shape index (κ3) is 7.25. The first-order valence-electron chi connectivity index (χ1n) is 13.2. The van der Waals surface area contributed by atoms with Crippen molar-refractivity contribution in [3.63, 3.8) is 0 Å². The second kappa shape index (κ2) is 13.2. The Bertz CT molecular complexity index is 1280. The minimum Gasteiger partial charge on any atom is -0.480 e. The average Bonchev–Trinajstić information content (AvgIpc) is 3.25. The highest BCUT2D eigenvalue weighted by Crippen LogP contribution is 2.44. The lowest BCUT2D eigenvalue weighted by atomic mass is 9.98. The zero-order valence-electron chi connectivity index (χ0n) is 23.0. The van der Waals surface area contributed by atoms with Crippen molar-refractivity contribution in [3.8, 4) is 11.1 Å². The topological polar surface area (TPSA) is 111 Å². The number of carboxylic acid groups (broad SMARTS) is 1. The van der Waals surface area contributed by atoms with Crippen LogP contribution < -0.4 is 10.6 Å². The zero-order chi connectivity index (χ0) is 28.6. The lowest BCUT2D eigenvalue weighted by Crippen LogP contribution is -2.57. The van der Waals surface area contributed by atoms with Gasteiger partial charge in [-0.3, -0.25) is 9.69 Å². The van der Waals surface area contributed by atoms with Crippen LogP contribution in [0.4, 0.5) is 4.79 Å². The van der Waals surface area contributed by atoms with Crippen LogP contribution in [0.15, 0.2) is 78.9 Å². The van der Waals surface area contributed by atoms with Gasteiger partial charge in [0.25, 0.3) is 0 Å². The van der Waals surface area contributed by atoms with E-state index in [1.54, 1.807) is 26.0 Å². The first kappa shape index (κ1) is 28.8. The molecule has 0 aromatic heterocycles. The van der Waals surface area contributed by atoms with Gasteiger partial charge in [0, 0.05) is 25.6 Å². The van der Waals surface area contributed by atoms with Crippen molar-refractivity contribution < 1.29 is 24.2 Å². The second-order valence-electron chi connectivity index (χ2n) is 10.4. The number of nitrogens with zero attached hydrogens (tertiary/aromatic N) is 2. The highest BCUT2D eigenvalue weighted by atomic mass is 16.5. The molecule has 210 valence electrons. The molecule has 0 radical (unpaired) electrons. The Hall–Kier alpha value is -4.21. The largest absolute Gasteiger partial charge is 0.480 e. The van der Waals surface area contributed by atoms with Gasteiger partial charge in [-0.25, -0.2) is 9.59 Å². The highest BCUT2D eigenvalue weighted by Gasteiger charge is 2.31. The molecule has 0 heterocycles. The average molecular weight is 545 g/mol. The number of nitrogens with one attached hydrogen (secondary N) is 2. The molecular weight excluding hydrogens is 508 g/mol. The molecule has 4 rings (SSSR count). The van der Waals surface area contributed by atoms with E-state index in [1.807, 2.05) is 71.6 Å². The van der Waals surface area contributed by atoms with E-state index < -0.39 is 30.1 Å². The fourth-order valence-electron chi connectivity index (χ4n) is 5.07. The van der Waals surface area contributed by atoms with Gasteiger partial charge < -0.3 is 25.4 Å². The van der Waals surface area contributed by atoms with Gasteiger partial charge in [-0.05, 0) is 49.0 Å². The van der Waals surface area contributed by atoms with Crippen molar-refractivity contribution in [1.29, 1.82) is 0 Å². The maximum atomic E-state index is 13.2. The molecule has 1 aliphatic rings. The van der Waals surface area contributed by atoms with Crippen molar-refractivity contribution in [2.45, 2.75) is 24.5 Å². The van der Waals surface area contributed by atoms with Crippen LogP contribution in [0.3, 0.4) is 0 Å². The Kier molecular flexibility index (Phi) is 9.52. The maximum absolute atomic E-state index is 13.2. The number of benzene rings is 3. The molecule has 0 saturated heterocycles. The monoisotopic (exact) mass is 544 g/mol. The number of alkyl carbamates (subject to hydrolysis) is 1. The van der Waals surface area contributed by atoms with Gasteiger partial charge >= 0.3 is 12.1 Å². The molecule has 2 atom stereocenters. The lowest BCUT2D eigenvalue weighted by Gasteiger charge is -2.26. The summed E-state index contributed by atoms with van der Waals surface area (Å²) in [4.78, 5) is 41.6. The Morgan fingerprint density at radius 1 is 0.800 bits per heavy atom. The molecule has 0 aliphatic heterocycles. The van der Waals surface area contributed by atoms with Crippen LogP contribution in [0.25, 0.3) is 11.1 Å². The summed E-state index contributed by atoms with van der Waals surface area (Å²) in [5, 5.41) is 15.0. The van der Waals surface area contributed by atoms with Crippen LogP contribution >= 0.6 is 0 Å². The van der Waals surface area contributed by atoms with E-state index in [4.69, 9.17) is 4.74 Å². The van der Waals surface area contributed by atoms with Crippen molar-refractivity contribution >= 4 is 18.0 Å². The molecule has 3 N–H and O–H groups in total. The number of carboxylic acids is 1. The van der Waals surface area contributed by atoms with Crippen LogP contribution in [-0.4, -0.2) is 85.8 Å². The van der Waals surface area contributed by atoms with Gasteiger partial charge in [-0.15, -0.1) is 0 Å². The summed E-state index contributed by atoms with van der Waals surface area (Å²) < 4.78 is 5.61. The molecule has 0 saturated carbocycles. The summed E-state index contributed by atoms with van der Waals surface area (Å²) in [5.41, 5.74) is 5.44. The van der Waals surface area contributed by atoms with Crippen molar-refractivity contribution in [3.05, 3.63) is 95.6 Å². The summed E-state index contributed by atoms with van der Waals surface area (Å²) in [6.45, 7) is 0.898. The Morgan fingerprint density at radius 3 is 1.95 bits per heavy atom. The molecule has 2 unspecified atom stereocenters. The van der Waals surface area contributed by atoms with Crippen molar-refractivity contribution in [1.82, 2.24) is 20.4 Å². The highest BCUT2D eigenvalue weighted by molar-refractivity contribution is 5.89. The maximum Gasteiger partial charge on any atom is 0.407 e. The predicted molar refractivity (Wildman–Crippen MR) is 153 cm³/mol. The summed E-state index contributed by atoms with van der Waals surface area (Å²) in [5.74, 6) is -1.86. The van der Waals surface area contributed by atoms with E-state index in [2.05, 4.69) is 22.8 Å². The molecule has 40 heavy (non-hydrogen) atoms. The van der Waals surface area contributed by atoms with E-state index in [9.17, 15) is 19.5 Å². The first-order valence-corrected chi connectivity index (χ1v) is 13.2. The van der Waals surface area contributed by atoms with Crippen LogP contribution in [0.2, 0.25) is 0 Å². The molecule has 9 nitrogen and oxygen atoms in total. The minimum atomic E-state index is -1.16. The van der Waals surface area contributed by atoms with Gasteiger partial charge in [0.05, 0.1) is 0 Å². The number of hydrogen-bond donors (Lipinski definition) is 3. The van der Waals surface area contributed by atoms with E-state index >= 15 is 0 Å². The van der Waals surface area contributed by atoms with E-state index in [1.165, 1.54) is 0 Å². The van der Waals surface area contributed by atoms with Gasteiger partial charge in [-0.2, -0.15) is 0 Å². The smallest absolute Gasteiger partial charge is 0.407 e. The summed E-state index contributed by atoms with van der Waals surface area (Å²) in [6, 6.07) is 23.6. The van der Waals surface area contributed by atoms with E-state index in [0.717, 1.165) is 27.8 Å². The molecule has 0 fully saturated rings. The lowest BCUT2D eigenvalue weighted by molar-refractivity contribution is -0.142. The number of rotatable bonds is 12. The van der Waals surface area contributed by atoms with Gasteiger partial charge in [-0.1, -0.05) is 78.9 Å². The Labute approximate surface area is 234 Å². The number of aliphatic carboxylic acids is 1. The van der Waals surface area contributed by atoms with Crippen LogP contribution in [0.5, 0.6) is 0 Å². The SMILES string of the molecule is CN(C)CC(NC(=O)OCC1c2ccccc2-c2ccccc21)C(=O)NC(CN(C)Cc1ccccc1)C(=O)O. The fraction of sp³-hybridized carbons (Fsp3) is 0.323. The third-order valence-corrected chi connectivity index (χ3v) is 6.90. The minimum absolute atomic E-state index is 0.0929. The van der Waals surface area contributed by atoms with Crippen LogP contribution in [-0.2, 0) is 20.9 Å². The van der Waals surface area contributed by atoms with Crippen molar-refractivity contribution in [2.24, 2.45) is 0 Å². The van der Waals surface area contributed by atoms with Gasteiger partial charge in [0.2, 0.25) is 5.91 Å². The number of amides is 2. The molecular formula is C31H36N4O5. The molecule has 2 amide bonds. The Balaban J connectivity index is 1.37. The number of fused-ring (bicyclic) bond motifs is 3. The van der Waals surface area contributed by atoms with Crippen LogP contribution in [0, 0.1) is 0 Å². The molecule has 0 bridgehead atoms. The summed E-state index contributed by atoms with van der Waals surface area (Å²) >= 11 is 0. The number of hydrogen-bond acceptors (Lipinski definition) is 6. The number of likely N-dealkylation sites (N-methyl/N-ethyl adjacent to an activating group) is 2. The third-order valence-electron chi connectivity index (χ3n) is 6.90. The van der Waals surface area contributed by atoms with E-state index in [0.29, 0.717) is 6.54 Å². The quantitative estimate of drug-likeness (QED) is 0.321. The number of ether oxygens (including phenoxy) is 1. The fourth-order valence-corrected chi connectivity index (χ4v) is 5.07. The first-order chi connectivity index (χ1) is 19.2. The molecule has 9 heteroatoms. The molecule has 3 aromatic carbocycles. The van der Waals surface area contributed by atoms with Gasteiger partial charge in [0.1, 0.15) is 18.7 Å².